The molecule has 0 fully saturated rings. The topological polar surface area (TPSA) is 83.1 Å². The molecule has 0 aromatic carbocycles. The van der Waals surface area contributed by atoms with Gasteiger partial charge in [0.05, 0.1) is 12.5 Å². The van der Waals surface area contributed by atoms with E-state index in [2.05, 4.69) is 9.97 Å². The Balaban J connectivity index is 3.20. The van der Waals surface area contributed by atoms with Crippen molar-refractivity contribution in [3.63, 3.8) is 0 Å². The van der Waals surface area contributed by atoms with Crippen LogP contribution in [0.3, 0.4) is 0 Å². The van der Waals surface area contributed by atoms with E-state index in [-0.39, 0.29) is 5.03 Å². The van der Waals surface area contributed by atoms with Crippen LogP contribution in [0.1, 0.15) is 0 Å². The monoisotopic (exact) mass is 148 g/mol. The number of nitrogens with zero attached hydrogens (tertiary/aromatic N) is 1. The van der Waals surface area contributed by atoms with Gasteiger partial charge >= 0.3 is 10.1 Å². The van der Waals surface area contributed by atoms with E-state index < -0.39 is 10.1 Å². The second-order valence-corrected chi connectivity index (χ2v) is 2.78. The highest BCUT2D eigenvalue weighted by Crippen LogP contribution is 1.98. The van der Waals surface area contributed by atoms with E-state index in [4.69, 9.17) is 4.55 Å². The average Bonchev–Trinajstić information content (AvgIpc) is 2.08. The predicted octanol–water partition coefficient (Wildman–Crippen LogP) is -0.344. The van der Waals surface area contributed by atoms with Crippen LogP contribution < -0.4 is 0 Å². The molecule has 50 valence electrons. The highest BCUT2D eigenvalue weighted by molar-refractivity contribution is 7.85. The van der Waals surface area contributed by atoms with Gasteiger partial charge in [0.25, 0.3) is 0 Å². The first-order valence-electron chi connectivity index (χ1n) is 2.06. The number of aromatic amines is 1. The smallest absolute Gasteiger partial charge is 0.311 e. The first kappa shape index (κ1) is 6.24. The SMILES string of the molecule is O=S(=O)(O)c1cnc[nH]1. The van der Waals surface area contributed by atoms with Crippen LogP contribution in [-0.4, -0.2) is 22.9 Å². The zero-order valence-corrected chi connectivity index (χ0v) is 5.09. The fourth-order valence-corrected chi connectivity index (χ4v) is 0.780. The summed E-state index contributed by atoms with van der Waals surface area (Å²) < 4.78 is 28.6. The minimum absolute atomic E-state index is 0.289. The van der Waals surface area contributed by atoms with E-state index in [0.717, 1.165) is 6.20 Å². The third kappa shape index (κ3) is 1.27. The first-order chi connectivity index (χ1) is 4.11. The number of rotatable bonds is 1. The van der Waals surface area contributed by atoms with Gasteiger partial charge in [-0.1, -0.05) is 0 Å². The summed E-state index contributed by atoms with van der Waals surface area (Å²) in [7, 11) is -4.08. The van der Waals surface area contributed by atoms with Crippen LogP contribution >= 0.6 is 0 Å². The van der Waals surface area contributed by atoms with E-state index in [9.17, 15) is 8.42 Å². The lowest BCUT2D eigenvalue weighted by Crippen LogP contribution is -1.96. The van der Waals surface area contributed by atoms with E-state index in [1.54, 1.807) is 0 Å². The first-order valence-corrected chi connectivity index (χ1v) is 3.50. The molecule has 1 aromatic heterocycles. The Hall–Kier alpha value is -0.880. The summed E-state index contributed by atoms with van der Waals surface area (Å²) in [6, 6.07) is 0. The van der Waals surface area contributed by atoms with Crippen molar-refractivity contribution in [2.45, 2.75) is 5.03 Å². The van der Waals surface area contributed by atoms with Crippen LogP contribution in [0.5, 0.6) is 0 Å². The lowest BCUT2D eigenvalue weighted by atomic mass is 11.0. The summed E-state index contributed by atoms with van der Waals surface area (Å²) in [5.74, 6) is 0. The third-order valence-corrected chi connectivity index (χ3v) is 1.53. The second kappa shape index (κ2) is 1.82. The van der Waals surface area contributed by atoms with Crippen LogP contribution in [-0.2, 0) is 10.1 Å². The molecule has 0 aliphatic carbocycles. The molecule has 1 aromatic rings. The van der Waals surface area contributed by atoms with Gasteiger partial charge in [0.15, 0.2) is 5.03 Å². The third-order valence-electron chi connectivity index (χ3n) is 0.751. The van der Waals surface area contributed by atoms with Gasteiger partial charge in [-0.15, -0.1) is 0 Å². The van der Waals surface area contributed by atoms with Gasteiger partial charge in [-0.05, 0) is 0 Å². The molecule has 1 heterocycles. The predicted molar refractivity (Wildman–Crippen MR) is 28.4 cm³/mol. The molecule has 1 rings (SSSR count). The van der Waals surface area contributed by atoms with Gasteiger partial charge < -0.3 is 4.98 Å². The minimum atomic E-state index is -4.08. The van der Waals surface area contributed by atoms with Crippen LogP contribution in [0.15, 0.2) is 17.6 Å². The molecule has 0 radical (unpaired) electrons. The van der Waals surface area contributed by atoms with Crippen molar-refractivity contribution in [1.29, 1.82) is 0 Å². The molecular weight excluding hydrogens is 144 g/mol. The average molecular weight is 148 g/mol. The molecule has 0 aliphatic rings. The molecule has 0 saturated carbocycles. The highest BCUT2D eigenvalue weighted by Gasteiger charge is 2.08. The fraction of sp³-hybridized carbons (Fsp3) is 0. The van der Waals surface area contributed by atoms with Crippen molar-refractivity contribution < 1.29 is 13.0 Å². The van der Waals surface area contributed by atoms with E-state index >= 15 is 0 Å². The highest BCUT2D eigenvalue weighted by atomic mass is 32.2. The zero-order chi connectivity index (χ0) is 6.91. The van der Waals surface area contributed by atoms with Gasteiger partial charge in [-0.25, -0.2) is 4.98 Å². The van der Waals surface area contributed by atoms with Gasteiger partial charge in [0.1, 0.15) is 0 Å². The summed E-state index contributed by atoms with van der Waals surface area (Å²) in [5, 5.41) is -0.289. The molecule has 0 atom stereocenters. The quantitative estimate of drug-likeness (QED) is 0.533. The molecule has 0 amide bonds. The van der Waals surface area contributed by atoms with Gasteiger partial charge in [-0.2, -0.15) is 8.42 Å². The fourth-order valence-electron chi connectivity index (χ4n) is 0.384. The molecule has 0 bridgehead atoms. The normalized spacial score (nSPS) is 11.7. The summed E-state index contributed by atoms with van der Waals surface area (Å²) in [5.41, 5.74) is 0. The minimum Gasteiger partial charge on any atom is -0.334 e. The van der Waals surface area contributed by atoms with E-state index in [1.807, 2.05) is 0 Å². The number of nitrogens with one attached hydrogen (secondary N) is 1. The Bertz CT molecular complexity index is 274. The molecule has 0 saturated heterocycles. The van der Waals surface area contributed by atoms with Crippen molar-refractivity contribution in [3.8, 4) is 0 Å². The number of hydrogen-bond donors (Lipinski definition) is 2. The molecule has 0 unspecified atom stereocenters. The summed E-state index contributed by atoms with van der Waals surface area (Å²) >= 11 is 0. The summed E-state index contributed by atoms with van der Waals surface area (Å²) in [6.45, 7) is 0. The van der Waals surface area contributed by atoms with Gasteiger partial charge in [0.2, 0.25) is 0 Å². The Morgan fingerprint density at radius 3 is 2.56 bits per heavy atom. The number of hydrogen-bond acceptors (Lipinski definition) is 3. The Labute approximate surface area is 51.5 Å². The van der Waals surface area contributed by atoms with Crippen LogP contribution in [0.4, 0.5) is 0 Å². The van der Waals surface area contributed by atoms with Crippen molar-refractivity contribution in [1.82, 2.24) is 9.97 Å². The van der Waals surface area contributed by atoms with Crippen LogP contribution in [0.2, 0.25) is 0 Å². The Morgan fingerprint density at radius 2 is 2.33 bits per heavy atom. The maximum Gasteiger partial charge on any atom is 0.311 e. The molecule has 0 aliphatic heterocycles. The molecule has 6 heteroatoms. The zero-order valence-electron chi connectivity index (χ0n) is 4.27. The van der Waals surface area contributed by atoms with E-state index in [0.29, 0.717) is 0 Å². The van der Waals surface area contributed by atoms with Crippen molar-refractivity contribution >= 4 is 10.1 Å². The maximum absolute atomic E-state index is 10.2. The Morgan fingerprint density at radius 1 is 1.67 bits per heavy atom. The number of aromatic nitrogens is 2. The lowest BCUT2D eigenvalue weighted by Gasteiger charge is -1.85. The van der Waals surface area contributed by atoms with Crippen LogP contribution in [0.25, 0.3) is 0 Å². The van der Waals surface area contributed by atoms with Crippen LogP contribution in [0, 0.1) is 0 Å². The molecule has 2 N–H and O–H groups in total. The molecular formula is C3H4N2O3S. The van der Waals surface area contributed by atoms with Gasteiger partial charge in [0, 0.05) is 0 Å². The molecule has 0 spiro atoms. The van der Waals surface area contributed by atoms with Gasteiger partial charge in [-0.3, -0.25) is 4.55 Å². The number of H-pyrrole nitrogens is 1. The summed E-state index contributed by atoms with van der Waals surface area (Å²) in [4.78, 5) is 5.62. The van der Waals surface area contributed by atoms with Crippen molar-refractivity contribution in [2.24, 2.45) is 0 Å². The maximum atomic E-state index is 10.2. The Kier molecular flexibility index (Phi) is 1.26. The van der Waals surface area contributed by atoms with Crippen molar-refractivity contribution in [3.05, 3.63) is 12.5 Å². The number of imidazole rings is 1. The standard InChI is InChI=1S/C3H4N2O3S/c6-9(7,8)3-1-4-2-5-3/h1-2H,(H,4,5)(H,6,7,8). The second-order valence-electron chi connectivity index (χ2n) is 1.39. The largest absolute Gasteiger partial charge is 0.334 e. The summed E-state index contributed by atoms with van der Waals surface area (Å²) in [6.07, 6.45) is 2.19. The lowest BCUT2D eigenvalue weighted by molar-refractivity contribution is 0.480. The van der Waals surface area contributed by atoms with Crippen molar-refractivity contribution in [2.75, 3.05) is 0 Å². The van der Waals surface area contributed by atoms with E-state index in [1.165, 1.54) is 6.33 Å². The molecule has 5 nitrogen and oxygen atoms in total. The molecule has 9 heavy (non-hydrogen) atoms.